The summed E-state index contributed by atoms with van der Waals surface area (Å²) in [6, 6.07) is 9.72. The minimum atomic E-state index is -0.838. The van der Waals surface area contributed by atoms with E-state index in [1.165, 1.54) is 29.5 Å². The second-order valence-corrected chi connectivity index (χ2v) is 10.7. The van der Waals surface area contributed by atoms with Gasteiger partial charge in [0, 0.05) is 56.5 Å². The van der Waals surface area contributed by atoms with Crippen molar-refractivity contribution in [1.29, 1.82) is 0 Å². The molecule has 35 heavy (non-hydrogen) atoms. The molecular weight excluding hydrogens is 556 g/mol. The van der Waals surface area contributed by atoms with Gasteiger partial charge in [0.25, 0.3) is 11.6 Å². The fourth-order valence-electron chi connectivity index (χ4n) is 4.58. The first kappa shape index (κ1) is 23.7. The maximum absolute atomic E-state index is 13.7. The van der Waals surface area contributed by atoms with Gasteiger partial charge in [0.05, 0.1) is 15.1 Å². The van der Waals surface area contributed by atoms with Crippen LogP contribution in [-0.4, -0.2) is 21.6 Å². The smallest absolute Gasteiger partial charge is 0.269 e. The van der Waals surface area contributed by atoms with Crippen molar-refractivity contribution in [2.45, 2.75) is 32.1 Å². The van der Waals surface area contributed by atoms with Crippen LogP contribution in [0.4, 0.5) is 10.8 Å². The van der Waals surface area contributed by atoms with E-state index in [4.69, 9.17) is 11.6 Å². The number of fused-ring (bicyclic) bond motifs is 1. The second kappa shape index (κ2) is 9.18. The Kier molecular flexibility index (Phi) is 6.20. The molecule has 178 valence electrons. The highest BCUT2D eigenvalue weighted by Gasteiger charge is 2.40. The molecule has 5 rings (SSSR count). The maximum atomic E-state index is 13.7. The highest BCUT2D eigenvalue weighted by Crippen LogP contribution is 2.45. The molecular formula is C24H18BrClN4O4S. The van der Waals surface area contributed by atoms with Crippen molar-refractivity contribution in [2.24, 2.45) is 0 Å². The number of ketones is 1. The lowest BCUT2D eigenvalue weighted by Gasteiger charge is -2.34. The zero-order chi connectivity index (χ0) is 24.9. The number of nitro groups is 1. The van der Waals surface area contributed by atoms with Crippen LogP contribution in [0.5, 0.6) is 0 Å². The molecule has 0 radical (unpaired) electrons. The van der Waals surface area contributed by atoms with Crippen molar-refractivity contribution in [3.05, 3.63) is 84.1 Å². The lowest BCUT2D eigenvalue weighted by Crippen LogP contribution is -2.35. The molecule has 3 aromatic rings. The van der Waals surface area contributed by atoms with Crippen molar-refractivity contribution < 1.29 is 14.5 Å². The number of allylic oxidation sites excluding steroid dienone is 3. The van der Waals surface area contributed by atoms with Crippen molar-refractivity contribution in [3.8, 4) is 0 Å². The topological polar surface area (TPSA) is 114 Å². The molecule has 1 amide bonds. The lowest BCUT2D eigenvalue weighted by molar-refractivity contribution is -0.384. The fourth-order valence-corrected chi connectivity index (χ4v) is 6.22. The summed E-state index contributed by atoms with van der Waals surface area (Å²) in [5.41, 5.74) is 2.93. The second-order valence-electron chi connectivity index (χ2n) is 8.31. The zero-order valence-corrected chi connectivity index (χ0v) is 21.5. The molecule has 2 N–H and O–H groups in total. The number of Topliss-reactive ketones (excluding diaryl/α,β-unsaturated/α-hetero) is 1. The molecule has 8 nitrogen and oxygen atoms in total. The van der Waals surface area contributed by atoms with Crippen molar-refractivity contribution in [3.63, 3.8) is 0 Å². The van der Waals surface area contributed by atoms with Gasteiger partial charge in [-0.1, -0.05) is 38.9 Å². The molecule has 1 unspecified atom stereocenters. The number of nitrogens with one attached hydrogen (secondary N) is 2. The fraction of sp³-hybridized carbons (Fsp3) is 0.208. The Morgan fingerprint density at radius 1 is 1.29 bits per heavy atom. The van der Waals surface area contributed by atoms with E-state index in [0.29, 0.717) is 41.2 Å². The third-order valence-electron chi connectivity index (χ3n) is 6.09. The molecule has 0 saturated carbocycles. The van der Waals surface area contributed by atoms with Crippen LogP contribution in [0, 0.1) is 10.1 Å². The summed E-state index contributed by atoms with van der Waals surface area (Å²) < 4.78 is 1.80. The Balaban J connectivity index is 1.61. The number of halogens is 2. The number of nitro benzene ring substituents is 1. The first-order valence-corrected chi connectivity index (χ1v) is 12.8. The first-order valence-electron chi connectivity index (χ1n) is 10.8. The number of rotatable bonds is 4. The van der Waals surface area contributed by atoms with E-state index in [1.807, 2.05) is 18.2 Å². The van der Waals surface area contributed by atoms with Crippen LogP contribution >= 0.6 is 38.9 Å². The Bertz CT molecular complexity index is 1500. The van der Waals surface area contributed by atoms with Gasteiger partial charge in [0.15, 0.2) is 10.9 Å². The summed E-state index contributed by atoms with van der Waals surface area (Å²) in [7, 11) is 0. The number of anilines is 1. The van der Waals surface area contributed by atoms with E-state index in [1.54, 1.807) is 6.92 Å². The van der Waals surface area contributed by atoms with Crippen LogP contribution in [0.15, 0.2) is 63.4 Å². The Morgan fingerprint density at radius 2 is 2.09 bits per heavy atom. The number of amides is 1. The number of thiazole rings is 1. The predicted octanol–water partition coefficient (Wildman–Crippen LogP) is 6.23. The number of nitrogens with zero attached hydrogens (tertiary/aromatic N) is 2. The van der Waals surface area contributed by atoms with E-state index in [0.717, 1.165) is 20.4 Å². The largest absolute Gasteiger partial charge is 0.362 e. The van der Waals surface area contributed by atoms with E-state index in [-0.39, 0.29) is 22.1 Å². The van der Waals surface area contributed by atoms with E-state index in [2.05, 4.69) is 31.5 Å². The summed E-state index contributed by atoms with van der Waals surface area (Å²) in [6.45, 7) is 1.76. The number of hydrogen-bond donors (Lipinski definition) is 2. The molecule has 1 aromatic heterocycles. The Morgan fingerprint density at radius 3 is 2.86 bits per heavy atom. The molecule has 11 heteroatoms. The third kappa shape index (κ3) is 4.37. The zero-order valence-electron chi connectivity index (χ0n) is 18.4. The van der Waals surface area contributed by atoms with Gasteiger partial charge >= 0.3 is 0 Å². The predicted molar refractivity (Wildman–Crippen MR) is 139 cm³/mol. The number of benzene rings is 2. The molecule has 2 aliphatic rings. The third-order valence-corrected chi connectivity index (χ3v) is 7.86. The van der Waals surface area contributed by atoms with Crippen LogP contribution in [0.3, 0.4) is 0 Å². The minimum absolute atomic E-state index is 0.103. The van der Waals surface area contributed by atoms with Crippen LogP contribution in [0.2, 0.25) is 5.02 Å². The quantitative estimate of drug-likeness (QED) is 0.283. The number of dihydropyridines is 1. The summed E-state index contributed by atoms with van der Waals surface area (Å²) in [4.78, 5) is 42.2. The van der Waals surface area contributed by atoms with Gasteiger partial charge in [-0.15, -0.1) is 0 Å². The van der Waals surface area contributed by atoms with Crippen molar-refractivity contribution in [1.82, 2.24) is 10.3 Å². The molecule has 1 aliphatic heterocycles. The molecule has 0 fully saturated rings. The number of non-ortho nitro benzene ring substituents is 1. The van der Waals surface area contributed by atoms with Crippen molar-refractivity contribution >= 4 is 71.6 Å². The Hall–Kier alpha value is -3.08. The summed E-state index contributed by atoms with van der Waals surface area (Å²) in [6.07, 6.45) is 1.67. The molecule has 0 saturated heterocycles. The van der Waals surface area contributed by atoms with Gasteiger partial charge in [0.1, 0.15) is 0 Å². The van der Waals surface area contributed by atoms with E-state index in [9.17, 15) is 19.7 Å². The van der Waals surface area contributed by atoms with Gasteiger partial charge in [-0.3, -0.25) is 25.0 Å². The molecule has 0 spiro atoms. The highest BCUT2D eigenvalue weighted by molar-refractivity contribution is 9.10. The average Bonchev–Trinajstić information content (AvgIpc) is 3.19. The SMILES string of the molecule is CC1=C(C(=O)Nc2nc3ccc(Br)cc3s2)C(c2cc([N+](=O)[O-])ccc2Cl)C2=C(CCCC2=O)N1. The standard InChI is InChI=1S/C24H18BrClN4O4S/c1-11-20(23(32)29-24-28-16-8-5-12(25)9-19(16)35-24)21(22-17(27-11)3-2-4-18(22)31)14-10-13(30(33)34)6-7-15(14)26/h5-10,21,27H,2-4H2,1H3,(H,28,29,32). The van der Waals surface area contributed by atoms with E-state index >= 15 is 0 Å². The summed E-state index contributed by atoms with van der Waals surface area (Å²) in [5, 5.41) is 18.2. The average molecular weight is 574 g/mol. The van der Waals surface area contributed by atoms with Crippen LogP contribution in [0.25, 0.3) is 10.2 Å². The number of carbonyl (C=O) groups is 2. The summed E-state index contributed by atoms with van der Waals surface area (Å²) >= 11 is 11.3. The Labute approximate surface area is 217 Å². The molecule has 1 aliphatic carbocycles. The molecule has 2 heterocycles. The molecule has 2 aromatic carbocycles. The summed E-state index contributed by atoms with van der Waals surface area (Å²) in [5.74, 6) is -1.39. The molecule has 0 bridgehead atoms. The number of carbonyl (C=O) groups excluding carboxylic acids is 2. The molecule has 1 atom stereocenters. The first-order chi connectivity index (χ1) is 16.7. The number of hydrogen-bond acceptors (Lipinski definition) is 7. The van der Waals surface area contributed by atoms with E-state index < -0.39 is 16.7 Å². The van der Waals surface area contributed by atoms with Gasteiger partial charge in [0.2, 0.25) is 0 Å². The van der Waals surface area contributed by atoms with Gasteiger partial charge in [-0.2, -0.15) is 0 Å². The van der Waals surface area contributed by atoms with Gasteiger partial charge < -0.3 is 5.32 Å². The van der Waals surface area contributed by atoms with Gasteiger partial charge in [-0.05, 0) is 49.6 Å². The van der Waals surface area contributed by atoms with Crippen molar-refractivity contribution in [2.75, 3.05) is 5.32 Å². The highest BCUT2D eigenvalue weighted by atomic mass is 79.9. The monoisotopic (exact) mass is 572 g/mol. The van der Waals surface area contributed by atoms with Gasteiger partial charge in [-0.25, -0.2) is 4.98 Å². The normalized spacial score (nSPS) is 17.9. The maximum Gasteiger partial charge on any atom is 0.269 e. The van der Waals surface area contributed by atoms with Crippen LogP contribution in [0.1, 0.15) is 37.7 Å². The van der Waals surface area contributed by atoms with Crippen LogP contribution < -0.4 is 10.6 Å². The lowest BCUT2D eigenvalue weighted by atomic mass is 9.75. The minimum Gasteiger partial charge on any atom is -0.362 e. The number of aromatic nitrogens is 1. The van der Waals surface area contributed by atoms with Crippen LogP contribution in [-0.2, 0) is 9.59 Å².